The van der Waals surface area contributed by atoms with Crippen LogP contribution in [0.2, 0.25) is 0 Å². The predicted octanol–water partition coefficient (Wildman–Crippen LogP) is 2.36. The second kappa shape index (κ2) is 7.77. The molecular weight excluding hydrogens is 246 g/mol. The highest BCUT2D eigenvalue weighted by molar-refractivity contribution is 5.18. The normalized spacial score (nSPS) is 19.4. The lowest BCUT2D eigenvalue weighted by Crippen LogP contribution is -2.42. The van der Waals surface area contributed by atoms with Gasteiger partial charge in [-0.1, -0.05) is 30.3 Å². The summed E-state index contributed by atoms with van der Waals surface area (Å²) in [5, 5.41) is 3.45. The van der Waals surface area contributed by atoms with Crippen molar-refractivity contribution >= 4 is 0 Å². The molecule has 112 valence electrons. The standard InChI is InChI=1S/C17H29N3/c1-18-17(15-7-5-4-6-8-15)11-14-20-12-9-16(10-13-20)19(2)3/h4-8,16-18H,9-14H2,1-3H3. The molecule has 1 N–H and O–H groups in total. The summed E-state index contributed by atoms with van der Waals surface area (Å²) in [4.78, 5) is 4.99. The first kappa shape index (κ1) is 15.5. The molecule has 1 aromatic rings. The second-order valence-corrected chi connectivity index (χ2v) is 6.08. The molecule has 1 aromatic carbocycles. The van der Waals surface area contributed by atoms with Crippen LogP contribution in [0.4, 0.5) is 0 Å². The van der Waals surface area contributed by atoms with Crippen molar-refractivity contribution in [2.24, 2.45) is 0 Å². The summed E-state index contributed by atoms with van der Waals surface area (Å²) < 4.78 is 0. The van der Waals surface area contributed by atoms with Crippen molar-refractivity contribution in [2.75, 3.05) is 40.8 Å². The molecule has 3 heteroatoms. The Kier molecular flexibility index (Phi) is 6.02. The van der Waals surface area contributed by atoms with Gasteiger partial charge in [0.25, 0.3) is 0 Å². The molecule has 1 unspecified atom stereocenters. The van der Waals surface area contributed by atoms with E-state index < -0.39 is 0 Å². The molecule has 1 aliphatic rings. The van der Waals surface area contributed by atoms with Gasteiger partial charge in [-0.25, -0.2) is 0 Å². The van der Waals surface area contributed by atoms with E-state index in [1.807, 2.05) is 0 Å². The summed E-state index contributed by atoms with van der Waals surface area (Å²) in [5.74, 6) is 0. The first-order chi connectivity index (χ1) is 9.70. The maximum atomic E-state index is 3.45. The predicted molar refractivity (Wildman–Crippen MR) is 86.0 cm³/mol. The zero-order chi connectivity index (χ0) is 14.4. The average Bonchev–Trinajstić information content (AvgIpc) is 2.49. The van der Waals surface area contributed by atoms with Crippen LogP contribution in [0.15, 0.2) is 30.3 Å². The van der Waals surface area contributed by atoms with E-state index in [9.17, 15) is 0 Å². The molecule has 1 fully saturated rings. The second-order valence-electron chi connectivity index (χ2n) is 6.08. The lowest BCUT2D eigenvalue weighted by atomic mass is 10.0. The van der Waals surface area contributed by atoms with Gasteiger partial charge in [0.1, 0.15) is 0 Å². The Labute approximate surface area is 124 Å². The fourth-order valence-electron chi connectivity index (χ4n) is 3.13. The lowest BCUT2D eigenvalue weighted by Gasteiger charge is -2.35. The van der Waals surface area contributed by atoms with Gasteiger partial charge in [-0.05, 0) is 65.6 Å². The Hall–Kier alpha value is -0.900. The highest BCUT2D eigenvalue weighted by Gasteiger charge is 2.21. The summed E-state index contributed by atoms with van der Waals surface area (Å²) in [7, 11) is 6.47. The molecule has 20 heavy (non-hydrogen) atoms. The molecular formula is C17H29N3. The Morgan fingerprint density at radius 1 is 1.20 bits per heavy atom. The number of hydrogen-bond acceptors (Lipinski definition) is 3. The highest BCUT2D eigenvalue weighted by atomic mass is 15.2. The first-order valence-corrected chi connectivity index (χ1v) is 7.81. The molecule has 0 aromatic heterocycles. The largest absolute Gasteiger partial charge is 0.313 e. The van der Waals surface area contributed by atoms with Crippen molar-refractivity contribution < 1.29 is 0 Å². The van der Waals surface area contributed by atoms with Crippen LogP contribution in [0.3, 0.4) is 0 Å². The first-order valence-electron chi connectivity index (χ1n) is 7.81. The molecule has 0 spiro atoms. The van der Waals surface area contributed by atoms with Gasteiger partial charge in [-0.15, -0.1) is 0 Å². The summed E-state index contributed by atoms with van der Waals surface area (Å²) in [6.07, 6.45) is 3.80. The highest BCUT2D eigenvalue weighted by Crippen LogP contribution is 2.19. The van der Waals surface area contributed by atoms with Crippen LogP contribution < -0.4 is 5.32 Å². The summed E-state index contributed by atoms with van der Waals surface area (Å²) >= 11 is 0. The molecule has 3 nitrogen and oxygen atoms in total. The van der Waals surface area contributed by atoms with E-state index in [2.05, 4.69) is 66.6 Å². The van der Waals surface area contributed by atoms with Crippen molar-refractivity contribution in [3.63, 3.8) is 0 Å². The number of likely N-dealkylation sites (tertiary alicyclic amines) is 1. The zero-order valence-electron chi connectivity index (χ0n) is 13.2. The molecule has 0 bridgehead atoms. The van der Waals surface area contributed by atoms with Crippen molar-refractivity contribution in [1.29, 1.82) is 0 Å². The van der Waals surface area contributed by atoms with Gasteiger partial charge >= 0.3 is 0 Å². The van der Waals surface area contributed by atoms with Gasteiger partial charge in [0.15, 0.2) is 0 Å². The van der Waals surface area contributed by atoms with E-state index in [1.165, 1.54) is 44.5 Å². The molecule has 1 aliphatic heterocycles. The van der Waals surface area contributed by atoms with Crippen LogP contribution in [0.25, 0.3) is 0 Å². The Morgan fingerprint density at radius 3 is 2.40 bits per heavy atom. The van der Waals surface area contributed by atoms with E-state index in [1.54, 1.807) is 0 Å². The Bertz CT molecular complexity index is 369. The summed E-state index contributed by atoms with van der Waals surface area (Å²) in [6.45, 7) is 3.68. The van der Waals surface area contributed by atoms with Gasteiger partial charge in [0, 0.05) is 12.1 Å². The molecule has 2 rings (SSSR count). The van der Waals surface area contributed by atoms with E-state index in [-0.39, 0.29) is 0 Å². The third-order valence-electron chi connectivity index (χ3n) is 4.57. The average molecular weight is 275 g/mol. The van der Waals surface area contributed by atoms with Crippen molar-refractivity contribution in [1.82, 2.24) is 15.1 Å². The quantitative estimate of drug-likeness (QED) is 0.860. The minimum atomic E-state index is 0.475. The number of rotatable bonds is 6. The number of nitrogens with zero attached hydrogens (tertiary/aromatic N) is 2. The van der Waals surface area contributed by atoms with E-state index in [0.717, 1.165) is 6.04 Å². The van der Waals surface area contributed by atoms with E-state index in [4.69, 9.17) is 0 Å². The molecule has 0 saturated carbocycles. The maximum Gasteiger partial charge on any atom is 0.0329 e. The van der Waals surface area contributed by atoms with Crippen LogP contribution in [-0.2, 0) is 0 Å². The fourth-order valence-corrected chi connectivity index (χ4v) is 3.13. The van der Waals surface area contributed by atoms with Gasteiger partial charge in [-0.3, -0.25) is 0 Å². The monoisotopic (exact) mass is 275 g/mol. The van der Waals surface area contributed by atoms with Gasteiger partial charge in [0.05, 0.1) is 0 Å². The third kappa shape index (κ3) is 4.30. The smallest absolute Gasteiger partial charge is 0.0329 e. The van der Waals surface area contributed by atoms with Gasteiger partial charge < -0.3 is 15.1 Å². The van der Waals surface area contributed by atoms with Crippen molar-refractivity contribution in [3.05, 3.63) is 35.9 Å². The molecule has 0 radical (unpaired) electrons. The lowest BCUT2D eigenvalue weighted by molar-refractivity contribution is 0.141. The number of nitrogens with one attached hydrogen (secondary N) is 1. The van der Waals surface area contributed by atoms with Crippen LogP contribution in [-0.4, -0.2) is 56.6 Å². The van der Waals surface area contributed by atoms with Crippen LogP contribution in [0.5, 0.6) is 0 Å². The molecule has 1 atom stereocenters. The summed E-state index contributed by atoms with van der Waals surface area (Å²) in [5.41, 5.74) is 1.40. The molecule has 1 saturated heterocycles. The minimum absolute atomic E-state index is 0.475. The number of hydrogen-bond donors (Lipinski definition) is 1. The molecule has 0 amide bonds. The minimum Gasteiger partial charge on any atom is -0.313 e. The van der Waals surface area contributed by atoms with E-state index in [0.29, 0.717) is 6.04 Å². The third-order valence-corrected chi connectivity index (χ3v) is 4.57. The van der Waals surface area contributed by atoms with Gasteiger partial charge in [-0.2, -0.15) is 0 Å². The number of benzene rings is 1. The zero-order valence-corrected chi connectivity index (χ0v) is 13.2. The Balaban J connectivity index is 1.77. The maximum absolute atomic E-state index is 3.45. The molecule has 0 aliphatic carbocycles. The fraction of sp³-hybridized carbons (Fsp3) is 0.647. The van der Waals surface area contributed by atoms with Crippen LogP contribution in [0.1, 0.15) is 30.9 Å². The molecule has 1 heterocycles. The van der Waals surface area contributed by atoms with Crippen LogP contribution in [0, 0.1) is 0 Å². The van der Waals surface area contributed by atoms with E-state index >= 15 is 0 Å². The SMILES string of the molecule is CNC(CCN1CCC(N(C)C)CC1)c1ccccc1. The summed E-state index contributed by atoms with van der Waals surface area (Å²) in [6, 6.07) is 12.0. The van der Waals surface area contributed by atoms with Crippen molar-refractivity contribution in [2.45, 2.75) is 31.3 Å². The van der Waals surface area contributed by atoms with Gasteiger partial charge in [0.2, 0.25) is 0 Å². The number of piperidine rings is 1. The Morgan fingerprint density at radius 2 is 1.85 bits per heavy atom. The van der Waals surface area contributed by atoms with Crippen LogP contribution >= 0.6 is 0 Å². The van der Waals surface area contributed by atoms with Crippen molar-refractivity contribution in [3.8, 4) is 0 Å². The topological polar surface area (TPSA) is 18.5 Å².